The zero-order valence-electron chi connectivity index (χ0n) is 50.4. The van der Waals surface area contributed by atoms with E-state index in [4.69, 9.17) is 23.7 Å². The van der Waals surface area contributed by atoms with Crippen molar-refractivity contribution in [2.75, 3.05) is 28.4 Å². The molecule has 0 atom stereocenters. The van der Waals surface area contributed by atoms with Crippen LogP contribution in [0.2, 0.25) is 0 Å². The Morgan fingerprint density at radius 3 is 1.58 bits per heavy atom. The number of rotatable bonds is 12. The first-order chi connectivity index (χ1) is 39.6. The fraction of sp³-hybridized carbons (Fsp3) is 0.377. The van der Waals surface area contributed by atoms with Crippen LogP contribution in [-0.2, 0) is 17.6 Å². The average Bonchev–Trinajstić information content (AvgIpc) is 4.30. The summed E-state index contributed by atoms with van der Waals surface area (Å²) in [7, 11) is 6.69. The highest BCUT2D eigenvalue weighted by atomic mass is 19.4. The van der Waals surface area contributed by atoms with E-state index >= 15 is 0 Å². The molecule has 4 heterocycles. The van der Waals surface area contributed by atoms with Crippen molar-refractivity contribution in [2.24, 2.45) is 0 Å². The van der Waals surface area contributed by atoms with Crippen LogP contribution in [0.15, 0.2) is 128 Å². The number of carbonyl (C=O) groups excluding carboxylic acids is 1. The first-order valence-corrected chi connectivity index (χ1v) is 28.5. The molecule has 438 valence electrons. The van der Waals surface area contributed by atoms with Gasteiger partial charge in [-0.05, 0) is 149 Å². The number of hydrogen-bond donors (Lipinski definition) is 0. The van der Waals surface area contributed by atoms with E-state index in [0.717, 1.165) is 79.3 Å². The number of fused-ring (bicyclic) bond motifs is 5. The monoisotopic (exact) mass is 1130 g/mol. The van der Waals surface area contributed by atoms with Gasteiger partial charge in [-0.3, -0.25) is 24.7 Å². The largest absolute Gasteiger partial charge is 0.573 e. The number of ether oxygens (including phenoxy) is 6. The Hall–Kier alpha value is -8.00. The summed E-state index contributed by atoms with van der Waals surface area (Å²) >= 11 is 0. The highest BCUT2D eigenvalue weighted by Crippen LogP contribution is 2.37. The predicted octanol–water partition coefficient (Wildman–Crippen LogP) is 17.8. The number of methoxy groups -OCH3 is 4. The number of para-hydroxylation sites is 1. The molecular weight excluding hydrogens is 1050 g/mol. The van der Waals surface area contributed by atoms with Crippen LogP contribution >= 0.6 is 0 Å². The van der Waals surface area contributed by atoms with Gasteiger partial charge in [-0.25, -0.2) is 0 Å². The van der Waals surface area contributed by atoms with Crippen molar-refractivity contribution in [2.45, 2.75) is 143 Å². The van der Waals surface area contributed by atoms with Gasteiger partial charge in [0, 0.05) is 70.3 Å². The van der Waals surface area contributed by atoms with E-state index in [1.807, 2.05) is 74.8 Å². The summed E-state index contributed by atoms with van der Waals surface area (Å²) in [6.45, 7) is 21.2. The lowest BCUT2D eigenvalue weighted by Gasteiger charge is -2.20. The molecule has 1 saturated carbocycles. The number of pyridine rings is 4. The summed E-state index contributed by atoms with van der Waals surface area (Å²) < 4.78 is 68.4. The number of alkyl halides is 3. The number of carbonyl (C=O) groups is 1. The number of aromatic nitrogens is 4. The van der Waals surface area contributed by atoms with E-state index in [2.05, 4.69) is 123 Å². The summed E-state index contributed by atoms with van der Waals surface area (Å²) in [5.41, 5.74) is 11.2. The van der Waals surface area contributed by atoms with Crippen LogP contribution in [0.4, 0.5) is 13.2 Å². The molecule has 4 aromatic heterocycles. The molecule has 2 aliphatic rings. The van der Waals surface area contributed by atoms with Crippen LogP contribution < -0.4 is 28.4 Å². The third kappa shape index (κ3) is 16.8. The van der Waals surface area contributed by atoms with E-state index < -0.39 is 6.36 Å². The third-order valence-electron chi connectivity index (χ3n) is 14.4. The van der Waals surface area contributed by atoms with Crippen molar-refractivity contribution in [3.05, 3.63) is 167 Å². The van der Waals surface area contributed by atoms with Gasteiger partial charge in [0.25, 0.3) is 0 Å². The lowest BCUT2D eigenvalue weighted by atomic mass is 9.87. The summed E-state index contributed by atoms with van der Waals surface area (Å²) in [4.78, 5) is 28.9. The molecule has 9 aromatic rings. The Morgan fingerprint density at radius 2 is 1.04 bits per heavy atom. The van der Waals surface area contributed by atoms with E-state index in [1.165, 1.54) is 52.7 Å². The normalized spacial score (nSPS) is 12.9. The summed E-state index contributed by atoms with van der Waals surface area (Å²) in [5, 5.41) is 3.94. The van der Waals surface area contributed by atoms with E-state index in [9.17, 15) is 18.0 Å². The number of ketones is 1. The van der Waals surface area contributed by atoms with Crippen LogP contribution in [0.25, 0.3) is 43.6 Å². The molecule has 0 amide bonds. The second-order valence-electron chi connectivity index (χ2n) is 22.3. The van der Waals surface area contributed by atoms with E-state index in [0.29, 0.717) is 53.8 Å². The number of aryl methyl sites for hydroxylation is 1. The molecule has 0 aliphatic heterocycles. The second-order valence-corrected chi connectivity index (χ2v) is 22.3. The molecule has 0 N–H and O–H groups in total. The summed E-state index contributed by atoms with van der Waals surface area (Å²) in [5.74, 6) is 6.43. The minimum atomic E-state index is -4.71. The molecule has 0 saturated heterocycles. The first kappa shape index (κ1) is 62.6. The van der Waals surface area contributed by atoms with Gasteiger partial charge in [0.1, 0.15) is 51.1 Å². The molecule has 14 heteroatoms. The molecule has 0 radical (unpaired) electrons. The number of nitrogens with zero attached hydrogens (tertiary/aromatic N) is 4. The van der Waals surface area contributed by atoms with Gasteiger partial charge in [-0.1, -0.05) is 99.6 Å². The van der Waals surface area contributed by atoms with Crippen molar-refractivity contribution in [1.29, 1.82) is 0 Å². The van der Waals surface area contributed by atoms with E-state index in [-0.39, 0.29) is 17.2 Å². The zero-order valence-corrected chi connectivity index (χ0v) is 50.4. The molecule has 0 unspecified atom stereocenters. The highest BCUT2D eigenvalue weighted by Gasteiger charge is 2.32. The smallest absolute Gasteiger partial charge is 0.497 e. The fourth-order valence-electron chi connectivity index (χ4n) is 9.33. The van der Waals surface area contributed by atoms with Gasteiger partial charge in [-0.2, -0.15) is 0 Å². The van der Waals surface area contributed by atoms with Gasteiger partial charge >= 0.3 is 6.36 Å². The Kier molecular flexibility index (Phi) is 21.4. The Balaban J connectivity index is 0.000000149. The second kappa shape index (κ2) is 28.3. The van der Waals surface area contributed by atoms with Gasteiger partial charge in [0.15, 0.2) is 5.75 Å². The van der Waals surface area contributed by atoms with Crippen molar-refractivity contribution in [3.63, 3.8) is 0 Å². The first-order valence-electron chi connectivity index (χ1n) is 28.5. The van der Waals surface area contributed by atoms with Gasteiger partial charge in [0.05, 0.1) is 40.1 Å². The Morgan fingerprint density at radius 1 is 0.506 bits per heavy atom. The van der Waals surface area contributed by atoms with Gasteiger partial charge in [0.2, 0.25) is 0 Å². The molecule has 83 heavy (non-hydrogen) atoms. The maximum absolute atomic E-state index is 12.4. The SMILES string of the molecule is CC(C)c1cc(OC(F)(F)F)c2ncccc2c1.CC(C)c1cc(OC2CC2)c2ncccc2c1.COc1cc(C(C)C)cc2c1CC(=O)CC2.COc1ccc2nc(C(C)C)cc(OC)c2c1.COc1cccc2cc(C(C)C)cnc12. The number of hydrogen-bond acceptors (Lipinski definition) is 11. The highest BCUT2D eigenvalue weighted by molar-refractivity contribution is 5.88. The van der Waals surface area contributed by atoms with Crippen LogP contribution in [0.5, 0.6) is 34.5 Å². The molecule has 2 aliphatic carbocycles. The summed E-state index contributed by atoms with van der Waals surface area (Å²) in [6.07, 6.45) is 5.36. The van der Waals surface area contributed by atoms with Gasteiger partial charge < -0.3 is 28.4 Å². The van der Waals surface area contributed by atoms with Crippen LogP contribution in [0.1, 0.15) is 157 Å². The standard InChI is InChI=1S/C15H17NO.C14H17NO2.C14H18O2.C13H12F3NO.C13H15NO/c1-10(2)12-8-11-4-3-7-16-15(11)14(9-12)17-13-5-6-13;1-9(2)13-8-14(17-4)11-7-10(16-3)5-6-12(11)15-13;1-9(2)11-6-10-4-5-12(15)8-13(10)14(7-11)16-3;1-8(2)10-6-9-4-3-5-17-12(9)11(7-10)18-13(14,15)16;1-9(2)11-7-10-5-4-6-12(15-3)13(10)14-8-11/h3-4,7-10,13H,5-6H2,1-2H3;5-9H,1-4H3;6-7,9H,4-5,8H2,1-3H3;3-8H,1-2H3;4-9H,1-3H3. The minimum absolute atomic E-state index is 0.116. The minimum Gasteiger partial charge on any atom is -0.497 e. The zero-order chi connectivity index (χ0) is 60.1. The maximum Gasteiger partial charge on any atom is 0.573 e. The number of Topliss-reactive ketones (excluding diaryl/α,β-unsaturated/α-hetero) is 1. The topological polar surface area (TPSA) is 124 Å². The quantitative estimate of drug-likeness (QED) is 0.116. The lowest BCUT2D eigenvalue weighted by Crippen LogP contribution is -2.17. The van der Waals surface area contributed by atoms with Crippen LogP contribution in [0.3, 0.4) is 0 Å². The molecular formula is C69H79F3N4O7. The molecule has 0 bridgehead atoms. The van der Waals surface area contributed by atoms with Crippen molar-refractivity contribution >= 4 is 49.4 Å². The molecule has 1 fully saturated rings. The lowest BCUT2D eigenvalue weighted by molar-refractivity contribution is -0.274. The van der Waals surface area contributed by atoms with E-state index in [1.54, 1.807) is 40.6 Å². The van der Waals surface area contributed by atoms with Crippen molar-refractivity contribution in [1.82, 2.24) is 19.9 Å². The Bertz CT molecular complexity index is 3630. The molecule has 11 rings (SSSR count). The average molecular weight is 1130 g/mol. The fourth-order valence-corrected chi connectivity index (χ4v) is 9.33. The molecule has 5 aromatic carbocycles. The maximum atomic E-state index is 12.4. The van der Waals surface area contributed by atoms with Crippen molar-refractivity contribution < 1.29 is 46.4 Å². The van der Waals surface area contributed by atoms with Gasteiger partial charge in [-0.15, -0.1) is 13.2 Å². The number of halogens is 3. The van der Waals surface area contributed by atoms with Crippen LogP contribution in [-0.4, -0.2) is 66.6 Å². The Labute approximate surface area is 486 Å². The number of benzene rings is 5. The predicted molar refractivity (Wildman–Crippen MR) is 327 cm³/mol. The van der Waals surface area contributed by atoms with Crippen LogP contribution in [0, 0.1) is 0 Å². The van der Waals surface area contributed by atoms with Crippen molar-refractivity contribution in [3.8, 4) is 34.5 Å². The third-order valence-corrected chi connectivity index (χ3v) is 14.4. The summed E-state index contributed by atoms with van der Waals surface area (Å²) in [6, 6.07) is 35.4. The molecule has 11 nitrogen and oxygen atoms in total. The molecule has 0 spiro atoms.